The van der Waals surface area contributed by atoms with Crippen LogP contribution in [0.1, 0.15) is 0 Å². The van der Waals surface area contributed by atoms with Crippen LogP contribution < -0.4 is 4.74 Å². The molecule has 0 aliphatic heterocycles. The van der Waals surface area contributed by atoms with Crippen molar-refractivity contribution in [1.29, 1.82) is 0 Å². The molecular formula is C66H43N3O. The van der Waals surface area contributed by atoms with Gasteiger partial charge in [-0.3, -0.25) is 0 Å². The lowest BCUT2D eigenvalue weighted by molar-refractivity contribution is 0.482. The maximum Gasteiger partial charge on any atom is 0.127 e. The first-order valence-corrected chi connectivity index (χ1v) is 23.9. The van der Waals surface area contributed by atoms with E-state index in [4.69, 9.17) is 4.74 Å². The third kappa shape index (κ3) is 6.53. The van der Waals surface area contributed by atoms with E-state index in [9.17, 15) is 0 Å². The third-order valence-electron chi connectivity index (χ3n) is 14.1. The Morgan fingerprint density at radius 1 is 0.200 bits per heavy atom. The summed E-state index contributed by atoms with van der Waals surface area (Å²) in [6.07, 6.45) is 0. The zero-order valence-corrected chi connectivity index (χ0v) is 38.1. The van der Waals surface area contributed by atoms with Crippen LogP contribution in [0.2, 0.25) is 0 Å². The third-order valence-corrected chi connectivity index (χ3v) is 14.1. The first kappa shape index (κ1) is 39.8. The summed E-state index contributed by atoms with van der Waals surface area (Å²) in [6, 6.07) is 93.8. The van der Waals surface area contributed by atoms with Gasteiger partial charge in [-0.05, 0) is 155 Å². The molecule has 0 aliphatic carbocycles. The van der Waals surface area contributed by atoms with Crippen molar-refractivity contribution in [1.82, 2.24) is 13.7 Å². The largest absolute Gasteiger partial charge is 0.457 e. The summed E-state index contributed by atoms with van der Waals surface area (Å²) in [7, 11) is 0. The van der Waals surface area contributed by atoms with E-state index in [1.54, 1.807) is 0 Å². The van der Waals surface area contributed by atoms with Crippen LogP contribution in [0.3, 0.4) is 0 Å². The van der Waals surface area contributed by atoms with Gasteiger partial charge < -0.3 is 18.4 Å². The summed E-state index contributed by atoms with van der Waals surface area (Å²) in [5.74, 6) is 1.59. The molecule has 0 saturated carbocycles. The highest BCUT2D eigenvalue weighted by molar-refractivity contribution is 6.14. The Balaban J connectivity index is 0.902. The predicted octanol–water partition coefficient (Wildman–Crippen LogP) is 17.8. The van der Waals surface area contributed by atoms with Crippen molar-refractivity contribution in [2.45, 2.75) is 0 Å². The lowest BCUT2D eigenvalue weighted by Gasteiger charge is -2.11. The van der Waals surface area contributed by atoms with E-state index in [2.05, 4.69) is 256 Å². The Morgan fingerprint density at radius 2 is 0.486 bits per heavy atom. The van der Waals surface area contributed by atoms with Crippen LogP contribution in [-0.4, -0.2) is 13.7 Å². The summed E-state index contributed by atoms with van der Waals surface area (Å²) in [5.41, 5.74) is 17.5. The zero-order chi connectivity index (χ0) is 46.1. The number of hydrogen-bond donors (Lipinski definition) is 0. The normalized spacial score (nSPS) is 11.7. The fourth-order valence-electron chi connectivity index (χ4n) is 10.8. The molecule has 3 heterocycles. The summed E-state index contributed by atoms with van der Waals surface area (Å²) in [4.78, 5) is 0. The fraction of sp³-hybridized carbons (Fsp3) is 0. The highest BCUT2D eigenvalue weighted by atomic mass is 16.5. The monoisotopic (exact) mass is 893 g/mol. The van der Waals surface area contributed by atoms with Gasteiger partial charge in [-0.2, -0.15) is 0 Å². The van der Waals surface area contributed by atoms with E-state index in [0.29, 0.717) is 0 Å². The molecule has 70 heavy (non-hydrogen) atoms. The van der Waals surface area contributed by atoms with Crippen molar-refractivity contribution in [2.24, 2.45) is 0 Å². The number of ether oxygens (including phenoxy) is 1. The maximum absolute atomic E-state index is 6.40. The Kier molecular flexibility index (Phi) is 9.17. The summed E-state index contributed by atoms with van der Waals surface area (Å²) in [6.45, 7) is 0. The molecule has 0 amide bonds. The van der Waals surface area contributed by atoms with E-state index in [1.165, 1.54) is 82.2 Å². The zero-order valence-electron chi connectivity index (χ0n) is 38.1. The van der Waals surface area contributed by atoms with Gasteiger partial charge in [0, 0.05) is 49.4 Å². The van der Waals surface area contributed by atoms with Crippen LogP contribution in [0.5, 0.6) is 11.5 Å². The molecular weight excluding hydrogens is 851 g/mol. The van der Waals surface area contributed by atoms with Crippen molar-refractivity contribution >= 4 is 65.4 Å². The second-order valence-electron chi connectivity index (χ2n) is 18.1. The van der Waals surface area contributed by atoms with Crippen molar-refractivity contribution in [2.75, 3.05) is 0 Å². The number of fused-ring (bicyclic) bond motifs is 9. The van der Waals surface area contributed by atoms with Gasteiger partial charge in [-0.25, -0.2) is 0 Å². The molecule has 0 radical (unpaired) electrons. The van der Waals surface area contributed by atoms with Crippen LogP contribution in [0, 0.1) is 0 Å². The number of aromatic nitrogens is 3. The maximum atomic E-state index is 6.40. The molecule has 0 aliphatic rings. The second kappa shape index (κ2) is 16.2. The molecule has 0 atom stereocenters. The van der Waals surface area contributed by atoms with Crippen molar-refractivity contribution in [3.8, 4) is 61.9 Å². The SMILES string of the molecule is c1ccc(-c2ccc(Oc3ccc(-n4c5ccc(-c6ccc7c(c6)c6ccccc6n7-c6ccccc6)cc5c5cc(-c6ccc7c(c6)c6ccccc6n7-c6ccccc6)ccc54)cc3)cc2)cc1. The van der Waals surface area contributed by atoms with Crippen LogP contribution in [0.4, 0.5) is 0 Å². The van der Waals surface area contributed by atoms with Gasteiger partial charge in [-0.1, -0.05) is 140 Å². The minimum atomic E-state index is 0.787. The van der Waals surface area contributed by atoms with Crippen molar-refractivity contribution in [3.05, 3.63) is 261 Å². The summed E-state index contributed by atoms with van der Waals surface area (Å²) in [5, 5.41) is 7.35. The van der Waals surface area contributed by atoms with Crippen LogP contribution in [-0.2, 0) is 0 Å². The van der Waals surface area contributed by atoms with E-state index in [1.807, 2.05) is 18.2 Å². The van der Waals surface area contributed by atoms with E-state index >= 15 is 0 Å². The van der Waals surface area contributed by atoms with Crippen molar-refractivity contribution in [3.63, 3.8) is 0 Å². The summed E-state index contributed by atoms with van der Waals surface area (Å²) < 4.78 is 13.5. The number of hydrogen-bond acceptors (Lipinski definition) is 1. The smallest absolute Gasteiger partial charge is 0.127 e. The molecule has 11 aromatic carbocycles. The fourth-order valence-corrected chi connectivity index (χ4v) is 10.8. The van der Waals surface area contributed by atoms with E-state index in [0.717, 1.165) is 45.2 Å². The van der Waals surface area contributed by atoms with Gasteiger partial charge in [0.1, 0.15) is 11.5 Å². The lowest BCUT2D eigenvalue weighted by Crippen LogP contribution is -1.94. The van der Waals surface area contributed by atoms with Crippen LogP contribution >= 0.6 is 0 Å². The molecule has 14 aromatic rings. The quantitative estimate of drug-likeness (QED) is 0.149. The summed E-state index contributed by atoms with van der Waals surface area (Å²) >= 11 is 0. The Hall–Kier alpha value is -9.38. The standard InChI is InChI=1S/C66H43N3O/c1-4-14-44(15-5-1)45-24-32-53(33-25-45)70-54-34-30-52(31-35-54)69-65-38-28-48(46-26-36-63-57(40-46)55-20-10-12-22-61(55)67(63)50-16-6-2-7-17-50)42-59(65)60-43-49(29-39-66(60)69)47-27-37-64-58(41-47)56-21-11-13-23-62(56)68(64)51-18-8-3-9-19-51/h1-43H. The minimum absolute atomic E-state index is 0.787. The molecule has 14 rings (SSSR count). The van der Waals surface area contributed by atoms with Gasteiger partial charge >= 0.3 is 0 Å². The highest BCUT2D eigenvalue weighted by Crippen LogP contribution is 2.41. The molecule has 0 saturated heterocycles. The highest BCUT2D eigenvalue weighted by Gasteiger charge is 2.19. The van der Waals surface area contributed by atoms with Gasteiger partial charge in [0.25, 0.3) is 0 Å². The Morgan fingerprint density at radius 3 is 0.900 bits per heavy atom. The average Bonchev–Trinajstić information content (AvgIpc) is 4.07. The predicted molar refractivity (Wildman–Crippen MR) is 292 cm³/mol. The van der Waals surface area contributed by atoms with Crippen molar-refractivity contribution < 1.29 is 4.74 Å². The number of rotatable bonds is 8. The van der Waals surface area contributed by atoms with Crippen LogP contribution in [0.15, 0.2) is 261 Å². The van der Waals surface area contributed by atoms with Gasteiger partial charge in [0.2, 0.25) is 0 Å². The first-order valence-electron chi connectivity index (χ1n) is 23.9. The topological polar surface area (TPSA) is 24.0 Å². The molecule has 0 fully saturated rings. The lowest BCUT2D eigenvalue weighted by atomic mass is 9.98. The molecule has 4 heteroatoms. The number of nitrogens with zero attached hydrogens (tertiary/aromatic N) is 3. The Bertz CT molecular complexity index is 4060. The van der Waals surface area contributed by atoms with Crippen LogP contribution in [0.25, 0.3) is 116 Å². The van der Waals surface area contributed by atoms with Gasteiger partial charge in [0.05, 0.1) is 33.1 Å². The number of para-hydroxylation sites is 4. The van der Waals surface area contributed by atoms with Gasteiger partial charge in [-0.15, -0.1) is 0 Å². The molecule has 0 spiro atoms. The molecule has 328 valence electrons. The van der Waals surface area contributed by atoms with E-state index in [-0.39, 0.29) is 0 Å². The van der Waals surface area contributed by atoms with Gasteiger partial charge in [0.15, 0.2) is 0 Å². The minimum Gasteiger partial charge on any atom is -0.457 e. The molecule has 0 N–H and O–H groups in total. The molecule has 4 nitrogen and oxygen atoms in total. The second-order valence-corrected chi connectivity index (χ2v) is 18.1. The Labute approximate surface area is 404 Å². The first-order chi connectivity index (χ1) is 34.7. The molecule has 0 unspecified atom stereocenters. The molecule has 3 aromatic heterocycles. The number of benzene rings is 11. The molecule has 0 bridgehead atoms. The van der Waals surface area contributed by atoms with E-state index < -0.39 is 0 Å². The average molecular weight is 894 g/mol.